The third-order valence-electron chi connectivity index (χ3n) is 2.12. The van der Waals surface area contributed by atoms with Gasteiger partial charge in [0.15, 0.2) is 0 Å². The molecular formula is C12H12N4OS. The van der Waals surface area contributed by atoms with Gasteiger partial charge in [-0.05, 0) is 24.6 Å². The minimum absolute atomic E-state index is 0.175. The lowest BCUT2D eigenvalue weighted by Crippen LogP contribution is -2.19. The number of pyridine rings is 1. The molecule has 0 saturated carbocycles. The average molecular weight is 260 g/mol. The van der Waals surface area contributed by atoms with Gasteiger partial charge in [0.25, 0.3) is 0 Å². The summed E-state index contributed by atoms with van der Waals surface area (Å²) in [5, 5.41) is 6.70. The van der Waals surface area contributed by atoms with E-state index in [1.807, 2.05) is 12.3 Å². The summed E-state index contributed by atoms with van der Waals surface area (Å²) in [6, 6.07) is 3.61. The Morgan fingerprint density at radius 2 is 2.28 bits per heavy atom. The minimum atomic E-state index is -0.175. The van der Waals surface area contributed by atoms with Crippen LogP contribution in [0.15, 0.2) is 35.0 Å². The lowest BCUT2D eigenvalue weighted by Gasteiger charge is -1.96. The van der Waals surface area contributed by atoms with Gasteiger partial charge >= 0.3 is 0 Å². The Kier molecular flexibility index (Phi) is 4.14. The minimum Gasteiger partial charge on any atom is -0.273 e. The zero-order chi connectivity index (χ0) is 12.8. The van der Waals surface area contributed by atoms with E-state index in [4.69, 9.17) is 0 Å². The van der Waals surface area contributed by atoms with Crippen LogP contribution in [-0.4, -0.2) is 22.1 Å². The quantitative estimate of drug-likeness (QED) is 0.669. The Hall–Kier alpha value is -2.08. The van der Waals surface area contributed by atoms with Crippen LogP contribution in [0.4, 0.5) is 0 Å². The van der Waals surface area contributed by atoms with E-state index >= 15 is 0 Å². The first-order valence-electron chi connectivity index (χ1n) is 5.37. The van der Waals surface area contributed by atoms with Crippen LogP contribution in [0.5, 0.6) is 0 Å². The third kappa shape index (κ3) is 3.74. The lowest BCUT2D eigenvalue weighted by atomic mass is 10.3. The predicted octanol–water partition coefficient (Wildman–Crippen LogP) is 1.54. The van der Waals surface area contributed by atoms with E-state index in [-0.39, 0.29) is 12.3 Å². The van der Waals surface area contributed by atoms with Crippen molar-refractivity contribution < 1.29 is 4.79 Å². The number of rotatable bonds is 4. The van der Waals surface area contributed by atoms with Crippen LogP contribution in [0.1, 0.15) is 16.3 Å². The highest BCUT2D eigenvalue weighted by Crippen LogP contribution is 2.08. The second-order valence-corrected chi connectivity index (χ2v) is 4.67. The summed E-state index contributed by atoms with van der Waals surface area (Å²) >= 11 is 1.53. The fraction of sp³-hybridized carbons (Fsp3) is 0.167. The van der Waals surface area contributed by atoms with Gasteiger partial charge in [0.05, 0.1) is 23.3 Å². The zero-order valence-corrected chi connectivity index (χ0v) is 10.6. The number of amides is 1. The number of aromatic nitrogens is 2. The molecule has 1 N–H and O–H groups in total. The fourth-order valence-corrected chi connectivity index (χ4v) is 1.93. The molecule has 1 amide bonds. The molecule has 0 unspecified atom stereocenters. The van der Waals surface area contributed by atoms with Gasteiger partial charge in [-0.25, -0.2) is 10.4 Å². The van der Waals surface area contributed by atoms with Crippen LogP contribution < -0.4 is 5.43 Å². The molecule has 0 spiro atoms. The van der Waals surface area contributed by atoms with E-state index in [1.54, 1.807) is 30.7 Å². The average Bonchev–Trinajstić information content (AvgIpc) is 2.76. The normalized spacial score (nSPS) is 10.7. The molecule has 2 rings (SSSR count). The van der Waals surface area contributed by atoms with E-state index in [2.05, 4.69) is 20.5 Å². The Morgan fingerprint density at radius 1 is 1.50 bits per heavy atom. The van der Waals surface area contributed by atoms with Crippen molar-refractivity contribution in [2.75, 3.05) is 0 Å². The number of nitrogens with zero attached hydrogens (tertiary/aromatic N) is 3. The Morgan fingerprint density at radius 3 is 2.94 bits per heavy atom. The van der Waals surface area contributed by atoms with Gasteiger partial charge in [0.1, 0.15) is 0 Å². The number of hydrogen-bond acceptors (Lipinski definition) is 5. The lowest BCUT2D eigenvalue weighted by molar-refractivity contribution is -0.120. The van der Waals surface area contributed by atoms with Gasteiger partial charge in [-0.2, -0.15) is 5.10 Å². The Balaban J connectivity index is 1.83. The van der Waals surface area contributed by atoms with Crippen LogP contribution in [0, 0.1) is 6.92 Å². The molecule has 0 aliphatic rings. The van der Waals surface area contributed by atoms with E-state index in [0.717, 1.165) is 16.3 Å². The monoisotopic (exact) mass is 260 g/mol. The molecule has 5 nitrogen and oxygen atoms in total. The van der Waals surface area contributed by atoms with Crippen LogP contribution >= 0.6 is 11.3 Å². The summed E-state index contributed by atoms with van der Waals surface area (Å²) in [6.45, 7) is 1.91. The number of aryl methyl sites for hydroxylation is 1. The van der Waals surface area contributed by atoms with Crippen molar-refractivity contribution in [3.63, 3.8) is 0 Å². The highest BCUT2D eigenvalue weighted by molar-refractivity contribution is 7.09. The number of carbonyl (C=O) groups is 1. The maximum Gasteiger partial charge on any atom is 0.246 e. The van der Waals surface area contributed by atoms with Crippen molar-refractivity contribution in [1.82, 2.24) is 15.4 Å². The van der Waals surface area contributed by atoms with Crippen molar-refractivity contribution in [2.24, 2.45) is 5.10 Å². The number of hydrogen-bond donors (Lipinski definition) is 1. The SMILES string of the molecule is Cc1nc(CC(=O)NN=Cc2ccncc2)cs1. The number of carbonyl (C=O) groups excluding carboxylic acids is 1. The standard InChI is InChI=1S/C12H12N4OS/c1-9-15-11(8-18-9)6-12(17)16-14-7-10-2-4-13-5-3-10/h2-5,7-8H,6H2,1H3,(H,16,17). The summed E-state index contributed by atoms with van der Waals surface area (Å²) in [5.41, 5.74) is 4.12. The van der Waals surface area contributed by atoms with Gasteiger partial charge in [-0.15, -0.1) is 11.3 Å². The molecule has 0 fully saturated rings. The first-order valence-corrected chi connectivity index (χ1v) is 6.25. The molecule has 0 atom stereocenters. The van der Waals surface area contributed by atoms with Crippen molar-refractivity contribution in [1.29, 1.82) is 0 Å². The molecule has 6 heteroatoms. The molecule has 0 bridgehead atoms. The van der Waals surface area contributed by atoms with Crippen molar-refractivity contribution in [2.45, 2.75) is 13.3 Å². The first-order chi connectivity index (χ1) is 8.74. The van der Waals surface area contributed by atoms with Crippen LogP contribution in [0.25, 0.3) is 0 Å². The molecule has 18 heavy (non-hydrogen) atoms. The van der Waals surface area contributed by atoms with E-state index in [9.17, 15) is 4.79 Å². The van der Waals surface area contributed by atoms with Gasteiger partial charge in [-0.3, -0.25) is 9.78 Å². The number of nitrogens with one attached hydrogen (secondary N) is 1. The molecule has 2 aromatic heterocycles. The zero-order valence-electron chi connectivity index (χ0n) is 9.83. The van der Waals surface area contributed by atoms with Crippen LogP contribution in [0.3, 0.4) is 0 Å². The third-order valence-corrected chi connectivity index (χ3v) is 2.94. The molecule has 0 aliphatic carbocycles. The second-order valence-electron chi connectivity index (χ2n) is 3.61. The second kappa shape index (κ2) is 6.02. The van der Waals surface area contributed by atoms with Crippen molar-refractivity contribution in [3.05, 3.63) is 46.2 Å². The molecular weight excluding hydrogens is 248 g/mol. The summed E-state index contributed by atoms with van der Waals surface area (Å²) in [7, 11) is 0. The molecule has 2 aromatic rings. The van der Waals surface area contributed by atoms with Crippen molar-refractivity contribution in [3.8, 4) is 0 Å². The van der Waals surface area contributed by atoms with E-state index < -0.39 is 0 Å². The molecule has 0 radical (unpaired) electrons. The summed E-state index contributed by atoms with van der Waals surface area (Å²) in [5.74, 6) is -0.175. The molecule has 0 aliphatic heterocycles. The summed E-state index contributed by atoms with van der Waals surface area (Å²) in [6.07, 6.45) is 5.16. The largest absolute Gasteiger partial charge is 0.273 e. The van der Waals surface area contributed by atoms with Crippen LogP contribution in [0.2, 0.25) is 0 Å². The van der Waals surface area contributed by atoms with Gasteiger partial charge in [0.2, 0.25) is 5.91 Å². The van der Waals surface area contributed by atoms with E-state index in [1.165, 1.54) is 11.3 Å². The Labute approximate surface area is 109 Å². The molecule has 0 aromatic carbocycles. The van der Waals surface area contributed by atoms with Gasteiger partial charge in [-0.1, -0.05) is 0 Å². The summed E-state index contributed by atoms with van der Waals surface area (Å²) < 4.78 is 0. The molecule has 0 saturated heterocycles. The number of thiazole rings is 1. The number of hydrazone groups is 1. The molecule has 92 valence electrons. The topological polar surface area (TPSA) is 67.2 Å². The maximum absolute atomic E-state index is 11.5. The van der Waals surface area contributed by atoms with Gasteiger partial charge < -0.3 is 0 Å². The van der Waals surface area contributed by atoms with Crippen LogP contribution in [-0.2, 0) is 11.2 Å². The molecule has 2 heterocycles. The highest BCUT2D eigenvalue weighted by atomic mass is 32.1. The van der Waals surface area contributed by atoms with E-state index in [0.29, 0.717) is 0 Å². The summed E-state index contributed by atoms with van der Waals surface area (Å²) in [4.78, 5) is 19.6. The fourth-order valence-electron chi connectivity index (χ4n) is 1.32. The van der Waals surface area contributed by atoms with Gasteiger partial charge in [0, 0.05) is 17.8 Å². The first kappa shape index (κ1) is 12.4. The Bertz CT molecular complexity index is 550. The van der Waals surface area contributed by atoms with Crippen molar-refractivity contribution >= 4 is 23.5 Å². The maximum atomic E-state index is 11.5. The predicted molar refractivity (Wildman–Crippen MR) is 70.5 cm³/mol. The smallest absolute Gasteiger partial charge is 0.246 e. The highest BCUT2D eigenvalue weighted by Gasteiger charge is 2.04.